The first-order chi connectivity index (χ1) is 17.1. The lowest BCUT2D eigenvalue weighted by atomic mass is 10.0. The van der Waals surface area contributed by atoms with E-state index in [9.17, 15) is 4.79 Å². The van der Waals surface area contributed by atoms with Gasteiger partial charge in [-0.3, -0.25) is 9.20 Å². The SMILES string of the molecule is Cc1cccc(N2CCN(c3nc4ccc(C(=O)c5ccccc5)cc4n4cnnc34)CC2)c1C. The molecule has 0 aliphatic carbocycles. The maximum atomic E-state index is 13.0. The zero-order valence-corrected chi connectivity index (χ0v) is 19.8. The van der Waals surface area contributed by atoms with Gasteiger partial charge in [0.2, 0.25) is 5.65 Å². The van der Waals surface area contributed by atoms with E-state index >= 15 is 0 Å². The predicted molar refractivity (Wildman–Crippen MR) is 139 cm³/mol. The molecule has 1 aliphatic heterocycles. The van der Waals surface area contributed by atoms with Crippen molar-refractivity contribution in [3.8, 4) is 0 Å². The van der Waals surface area contributed by atoms with Crippen molar-refractivity contribution in [3.05, 3.63) is 95.3 Å². The van der Waals surface area contributed by atoms with E-state index in [1.807, 2.05) is 52.9 Å². The molecule has 0 amide bonds. The molecule has 0 radical (unpaired) electrons. The quantitative estimate of drug-likeness (QED) is 0.368. The van der Waals surface area contributed by atoms with Gasteiger partial charge in [-0.1, -0.05) is 42.5 Å². The normalized spacial score (nSPS) is 14.1. The lowest BCUT2D eigenvalue weighted by Gasteiger charge is -2.37. The van der Waals surface area contributed by atoms with Crippen molar-refractivity contribution in [1.29, 1.82) is 0 Å². The summed E-state index contributed by atoms with van der Waals surface area (Å²) < 4.78 is 1.94. The summed E-state index contributed by atoms with van der Waals surface area (Å²) in [7, 11) is 0. The molecule has 7 nitrogen and oxygen atoms in total. The van der Waals surface area contributed by atoms with Gasteiger partial charge in [0, 0.05) is 43.0 Å². The maximum Gasteiger partial charge on any atom is 0.204 e. The number of anilines is 2. The molecular weight excluding hydrogens is 436 g/mol. The minimum atomic E-state index is -0.0136. The summed E-state index contributed by atoms with van der Waals surface area (Å²) in [5.41, 5.74) is 7.59. The first-order valence-corrected chi connectivity index (χ1v) is 11.9. The van der Waals surface area contributed by atoms with Crippen LogP contribution in [0, 0.1) is 13.8 Å². The second-order valence-electron chi connectivity index (χ2n) is 9.05. The van der Waals surface area contributed by atoms with Crippen LogP contribution in [0.3, 0.4) is 0 Å². The van der Waals surface area contributed by atoms with E-state index in [1.54, 1.807) is 6.33 Å². The molecule has 174 valence electrons. The number of fused-ring (bicyclic) bond motifs is 3. The smallest absolute Gasteiger partial charge is 0.204 e. The van der Waals surface area contributed by atoms with Crippen molar-refractivity contribution in [2.24, 2.45) is 0 Å². The van der Waals surface area contributed by atoms with Gasteiger partial charge in [0.05, 0.1) is 11.0 Å². The third-order valence-corrected chi connectivity index (χ3v) is 7.00. The Morgan fingerprint density at radius 3 is 2.40 bits per heavy atom. The van der Waals surface area contributed by atoms with E-state index < -0.39 is 0 Å². The fourth-order valence-electron chi connectivity index (χ4n) is 4.89. The topological polar surface area (TPSA) is 66.6 Å². The van der Waals surface area contributed by atoms with Gasteiger partial charge in [-0.15, -0.1) is 10.2 Å². The Labute approximate surface area is 203 Å². The highest BCUT2D eigenvalue weighted by Crippen LogP contribution is 2.28. The number of rotatable bonds is 4. The highest BCUT2D eigenvalue weighted by molar-refractivity contribution is 6.10. The second kappa shape index (κ2) is 8.51. The summed E-state index contributed by atoms with van der Waals surface area (Å²) in [5.74, 6) is 0.818. The van der Waals surface area contributed by atoms with E-state index in [-0.39, 0.29) is 5.78 Å². The Morgan fingerprint density at radius 1 is 0.829 bits per heavy atom. The minimum absolute atomic E-state index is 0.0136. The van der Waals surface area contributed by atoms with Gasteiger partial charge < -0.3 is 9.80 Å². The van der Waals surface area contributed by atoms with Gasteiger partial charge in [-0.2, -0.15) is 0 Å². The van der Waals surface area contributed by atoms with Crippen molar-refractivity contribution in [2.75, 3.05) is 36.0 Å². The number of carbonyl (C=O) groups excluding carboxylic acids is 1. The van der Waals surface area contributed by atoms with Gasteiger partial charge in [-0.05, 0) is 49.2 Å². The van der Waals surface area contributed by atoms with Crippen molar-refractivity contribution >= 4 is 34.0 Å². The van der Waals surface area contributed by atoms with E-state index in [2.05, 4.69) is 52.0 Å². The molecule has 6 rings (SSSR count). The zero-order valence-electron chi connectivity index (χ0n) is 19.8. The number of piperazine rings is 1. The van der Waals surface area contributed by atoms with Crippen LogP contribution in [0.1, 0.15) is 27.0 Å². The van der Waals surface area contributed by atoms with Gasteiger partial charge in [0.25, 0.3) is 0 Å². The molecule has 0 saturated carbocycles. The van der Waals surface area contributed by atoms with E-state index in [4.69, 9.17) is 4.98 Å². The molecule has 35 heavy (non-hydrogen) atoms. The summed E-state index contributed by atoms with van der Waals surface area (Å²) in [5, 5.41) is 8.56. The fourth-order valence-corrected chi connectivity index (χ4v) is 4.89. The minimum Gasteiger partial charge on any atom is -0.368 e. The first-order valence-electron chi connectivity index (χ1n) is 11.9. The molecule has 3 aromatic carbocycles. The largest absolute Gasteiger partial charge is 0.368 e. The predicted octanol–water partition coefficient (Wildman–Crippen LogP) is 4.45. The van der Waals surface area contributed by atoms with Gasteiger partial charge in [0.15, 0.2) is 11.6 Å². The number of benzene rings is 3. The third-order valence-electron chi connectivity index (χ3n) is 7.00. The molecule has 0 unspecified atom stereocenters. The Morgan fingerprint density at radius 2 is 1.60 bits per heavy atom. The van der Waals surface area contributed by atoms with Crippen LogP contribution in [-0.2, 0) is 0 Å². The molecular formula is C28H26N6O. The van der Waals surface area contributed by atoms with Gasteiger partial charge in [0.1, 0.15) is 6.33 Å². The monoisotopic (exact) mass is 462 g/mol. The average molecular weight is 463 g/mol. The summed E-state index contributed by atoms with van der Waals surface area (Å²) in [4.78, 5) is 22.7. The number of hydrogen-bond donors (Lipinski definition) is 0. The Bertz CT molecular complexity index is 1550. The highest BCUT2D eigenvalue weighted by atomic mass is 16.1. The highest BCUT2D eigenvalue weighted by Gasteiger charge is 2.23. The summed E-state index contributed by atoms with van der Waals surface area (Å²) in [6.45, 7) is 7.87. The molecule has 0 atom stereocenters. The molecule has 5 aromatic rings. The summed E-state index contributed by atoms with van der Waals surface area (Å²) in [6.07, 6.45) is 1.70. The van der Waals surface area contributed by atoms with Crippen molar-refractivity contribution in [2.45, 2.75) is 13.8 Å². The van der Waals surface area contributed by atoms with E-state index in [1.165, 1.54) is 16.8 Å². The average Bonchev–Trinajstić information content (AvgIpc) is 3.40. The van der Waals surface area contributed by atoms with Crippen LogP contribution in [0.4, 0.5) is 11.5 Å². The summed E-state index contributed by atoms with van der Waals surface area (Å²) in [6, 6.07) is 21.5. The first kappa shape index (κ1) is 21.3. The van der Waals surface area contributed by atoms with Crippen LogP contribution in [0.2, 0.25) is 0 Å². The molecule has 0 N–H and O–H groups in total. The Balaban J connectivity index is 1.32. The number of aryl methyl sites for hydroxylation is 1. The number of ketones is 1. The van der Waals surface area contributed by atoms with Crippen LogP contribution in [0.25, 0.3) is 16.7 Å². The van der Waals surface area contributed by atoms with Crippen molar-refractivity contribution in [3.63, 3.8) is 0 Å². The molecule has 2 aromatic heterocycles. The fraction of sp³-hybridized carbons (Fsp3) is 0.214. The van der Waals surface area contributed by atoms with Crippen molar-refractivity contribution in [1.82, 2.24) is 19.6 Å². The molecule has 1 aliphatic rings. The van der Waals surface area contributed by atoms with E-state index in [0.717, 1.165) is 43.0 Å². The van der Waals surface area contributed by atoms with Crippen molar-refractivity contribution < 1.29 is 4.79 Å². The van der Waals surface area contributed by atoms with Crippen LogP contribution in [0.15, 0.2) is 73.1 Å². The number of nitrogens with zero attached hydrogens (tertiary/aromatic N) is 6. The maximum absolute atomic E-state index is 13.0. The van der Waals surface area contributed by atoms with Crippen LogP contribution in [-0.4, -0.2) is 51.5 Å². The van der Waals surface area contributed by atoms with Gasteiger partial charge in [-0.25, -0.2) is 4.98 Å². The van der Waals surface area contributed by atoms with E-state index in [0.29, 0.717) is 16.8 Å². The van der Waals surface area contributed by atoms with Crippen LogP contribution >= 0.6 is 0 Å². The Hall–Kier alpha value is -4.26. The Kier molecular flexibility index (Phi) is 5.17. The molecule has 1 saturated heterocycles. The zero-order chi connectivity index (χ0) is 23.9. The van der Waals surface area contributed by atoms with Gasteiger partial charge >= 0.3 is 0 Å². The van der Waals surface area contributed by atoms with Crippen LogP contribution in [0.5, 0.6) is 0 Å². The van der Waals surface area contributed by atoms with Crippen LogP contribution < -0.4 is 9.80 Å². The lowest BCUT2D eigenvalue weighted by Crippen LogP contribution is -2.47. The summed E-state index contributed by atoms with van der Waals surface area (Å²) >= 11 is 0. The molecule has 7 heteroatoms. The second-order valence-corrected chi connectivity index (χ2v) is 9.05. The lowest BCUT2D eigenvalue weighted by molar-refractivity contribution is 0.103. The molecule has 0 bridgehead atoms. The molecule has 3 heterocycles. The molecule has 0 spiro atoms. The number of aromatic nitrogens is 4. The standard InChI is InChI=1S/C28H26N6O/c1-19-7-6-10-24(20(19)2)32-13-15-33(16-14-32)27-28-31-29-18-34(28)25-17-22(11-12-23(25)30-27)26(35)21-8-4-3-5-9-21/h3-12,17-18H,13-16H2,1-2H3. The number of carbonyl (C=O) groups is 1. The molecule has 1 fully saturated rings. The number of hydrogen-bond acceptors (Lipinski definition) is 6. The third kappa shape index (κ3) is 3.69.